The molecule has 0 fully saturated rings. The summed E-state index contributed by atoms with van der Waals surface area (Å²) in [6.45, 7) is 1.93. The molecule has 106 valence electrons. The first-order valence-electron chi connectivity index (χ1n) is 6.17. The summed E-state index contributed by atoms with van der Waals surface area (Å²) in [6, 6.07) is 12.2. The second kappa shape index (κ2) is 6.22. The zero-order valence-electron chi connectivity index (χ0n) is 10.9. The van der Waals surface area contributed by atoms with Crippen molar-refractivity contribution in [1.29, 1.82) is 0 Å². The van der Waals surface area contributed by atoms with E-state index in [1.54, 1.807) is 12.1 Å². The van der Waals surface area contributed by atoms with Crippen LogP contribution >= 0.6 is 15.9 Å². The van der Waals surface area contributed by atoms with Gasteiger partial charge in [-0.2, -0.15) is 0 Å². The fourth-order valence-corrected chi connectivity index (χ4v) is 2.23. The second-order valence-electron chi connectivity index (χ2n) is 4.56. The third-order valence-electron chi connectivity index (χ3n) is 3.05. The molecule has 0 amide bonds. The zero-order valence-corrected chi connectivity index (χ0v) is 12.5. The number of hydrogen-bond donors (Lipinski definition) is 2. The van der Waals surface area contributed by atoms with Crippen molar-refractivity contribution in [3.8, 4) is 0 Å². The molecule has 0 radical (unpaired) electrons. The highest BCUT2D eigenvalue weighted by Crippen LogP contribution is 2.31. The molecule has 20 heavy (non-hydrogen) atoms. The van der Waals surface area contributed by atoms with Crippen LogP contribution < -0.4 is 11.1 Å². The quantitative estimate of drug-likeness (QED) is 0.756. The van der Waals surface area contributed by atoms with Crippen molar-refractivity contribution < 1.29 is 8.78 Å². The molecule has 5 heteroatoms. The lowest BCUT2D eigenvalue weighted by Crippen LogP contribution is -2.09. The fourth-order valence-electron chi connectivity index (χ4n) is 1.96. The molecule has 3 N–H and O–H groups in total. The summed E-state index contributed by atoms with van der Waals surface area (Å²) in [5.41, 5.74) is 7.24. The third kappa shape index (κ3) is 3.48. The van der Waals surface area contributed by atoms with E-state index in [4.69, 9.17) is 5.73 Å². The third-order valence-corrected chi connectivity index (χ3v) is 3.58. The number of benzene rings is 2. The molecule has 0 spiro atoms. The van der Waals surface area contributed by atoms with Crippen molar-refractivity contribution in [2.45, 2.75) is 19.4 Å². The molecule has 0 heterocycles. The van der Waals surface area contributed by atoms with E-state index >= 15 is 0 Å². The maximum absolute atomic E-state index is 13.0. The van der Waals surface area contributed by atoms with Crippen LogP contribution in [0.5, 0.6) is 0 Å². The Kier molecular flexibility index (Phi) is 4.60. The summed E-state index contributed by atoms with van der Waals surface area (Å²) in [7, 11) is 0. The average Bonchev–Trinajstić information content (AvgIpc) is 2.41. The minimum Gasteiger partial charge on any atom is -0.399 e. The van der Waals surface area contributed by atoms with Crippen molar-refractivity contribution in [3.05, 3.63) is 58.1 Å². The number of hydrogen-bond acceptors (Lipinski definition) is 2. The number of nitrogen functional groups attached to an aromatic ring is 1. The van der Waals surface area contributed by atoms with Crippen molar-refractivity contribution in [3.63, 3.8) is 0 Å². The maximum atomic E-state index is 13.0. The van der Waals surface area contributed by atoms with E-state index in [0.717, 1.165) is 10.0 Å². The SMILES string of the molecule is CC(Nc1ccc(N)cc1C(F)F)c1ccc(Br)cc1. The van der Waals surface area contributed by atoms with Gasteiger partial charge in [0.05, 0.1) is 0 Å². The Morgan fingerprint density at radius 2 is 1.75 bits per heavy atom. The lowest BCUT2D eigenvalue weighted by Gasteiger charge is -2.19. The van der Waals surface area contributed by atoms with E-state index in [1.807, 2.05) is 31.2 Å². The van der Waals surface area contributed by atoms with E-state index in [-0.39, 0.29) is 11.6 Å². The molecule has 0 aromatic heterocycles. The monoisotopic (exact) mass is 340 g/mol. The van der Waals surface area contributed by atoms with Gasteiger partial charge < -0.3 is 11.1 Å². The summed E-state index contributed by atoms with van der Waals surface area (Å²) in [5.74, 6) is 0. The molecule has 2 aromatic carbocycles. The number of alkyl halides is 2. The highest BCUT2D eigenvalue weighted by molar-refractivity contribution is 9.10. The van der Waals surface area contributed by atoms with Gasteiger partial charge in [-0.1, -0.05) is 28.1 Å². The lowest BCUT2D eigenvalue weighted by molar-refractivity contribution is 0.152. The first-order chi connectivity index (χ1) is 9.47. The van der Waals surface area contributed by atoms with Crippen LogP contribution in [0, 0.1) is 0 Å². The first-order valence-corrected chi connectivity index (χ1v) is 6.96. The minimum absolute atomic E-state index is 0.0750. The van der Waals surface area contributed by atoms with E-state index in [2.05, 4.69) is 21.2 Å². The molecule has 2 aromatic rings. The van der Waals surface area contributed by atoms with Gasteiger partial charge in [0.1, 0.15) is 0 Å². The summed E-state index contributed by atoms with van der Waals surface area (Å²) < 4.78 is 27.0. The first kappa shape index (κ1) is 14.8. The smallest absolute Gasteiger partial charge is 0.265 e. The summed E-state index contributed by atoms with van der Waals surface area (Å²) >= 11 is 3.37. The zero-order chi connectivity index (χ0) is 14.7. The van der Waals surface area contributed by atoms with Gasteiger partial charge in [-0.3, -0.25) is 0 Å². The van der Waals surface area contributed by atoms with Gasteiger partial charge in [0, 0.05) is 27.5 Å². The molecule has 1 atom stereocenters. The summed E-state index contributed by atoms with van der Waals surface area (Å²) in [6.07, 6.45) is -2.56. The molecule has 0 saturated heterocycles. The molecule has 0 aliphatic rings. The van der Waals surface area contributed by atoms with Gasteiger partial charge in [0.25, 0.3) is 6.43 Å². The Bertz CT molecular complexity index is 585. The van der Waals surface area contributed by atoms with E-state index in [1.165, 1.54) is 6.07 Å². The van der Waals surface area contributed by atoms with Crippen LogP contribution in [0.2, 0.25) is 0 Å². The number of nitrogens with two attached hydrogens (primary N) is 1. The van der Waals surface area contributed by atoms with Crippen LogP contribution in [-0.2, 0) is 0 Å². The topological polar surface area (TPSA) is 38.0 Å². The molecule has 0 bridgehead atoms. The Hall–Kier alpha value is -1.62. The normalized spacial score (nSPS) is 12.4. The van der Waals surface area contributed by atoms with Crippen LogP contribution in [0.25, 0.3) is 0 Å². The predicted octanol–water partition coefficient (Wildman–Crippen LogP) is 5.14. The van der Waals surface area contributed by atoms with E-state index < -0.39 is 6.43 Å². The molecule has 2 nitrogen and oxygen atoms in total. The molecular formula is C15H15BrF2N2. The molecular weight excluding hydrogens is 326 g/mol. The van der Waals surface area contributed by atoms with Gasteiger partial charge in [-0.05, 0) is 42.8 Å². The Balaban J connectivity index is 2.23. The van der Waals surface area contributed by atoms with Crippen LogP contribution in [0.3, 0.4) is 0 Å². The number of rotatable bonds is 4. The predicted molar refractivity (Wildman–Crippen MR) is 82.0 cm³/mol. The molecule has 1 unspecified atom stereocenters. The van der Waals surface area contributed by atoms with Crippen molar-refractivity contribution in [2.24, 2.45) is 0 Å². The van der Waals surface area contributed by atoms with Gasteiger partial charge >= 0.3 is 0 Å². The molecule has 0 saturated carbocycles. The Morgan fingerprint density at radius 1 is 1.10 bits per heavy atom. The Morgan fingerprint density at radius 3 is 2.35 bits per heavy atom. The largest absolute Gasteiger partial charge is 0.399 e. The minimum atomic E-state index is -2.56. The molecule has 0 aliphatic heterocycles. The van der Waals surface area contributed by atoms with Gasteiger partial charge in [-0.25, -0.2) is 8.78 Å². The highest BCUT2D eigenvalue weighted by atomic mass is 79.9. The van der Waals surface area contributed by atoms with Crippen LogP contribution in [0.15, 0.2) is 46.9 Å². The van der Waals surface area contributed by atoms with Gasteiger partial charge in [-0.15, -0.1) is 0 Å². The fraction of sp³-hybridized carbons (Fsp3) is 0.200. The number of halogens is 3. The lowest BCUT2D eigenvalue weighted by atomic mass is 10.1. The summed E-state index contributed by atoms with van der Waals surface area (Å²) in [4.78, 5) is 0. The van der Waals surface area contributed by atoms with E-state index in [0.29, 0.717) is 11.4 Å². The van der Waals surface area contributed by atoms with Crippen LogP contribution in [0.1, 0.15) is 30.5 Å². The molecule has 0 aliphatic carbocycles. The van der Waals surface area contributed by atoms with E-state index in [9.17, 15) is 8.78 Å². The summed E-state index contributed by atoms with van der Waals surface area (Å²) in [5, 5.41) is 3.10. The Labute approximate surface area is 125 Å². The second-order valence-corrected chi connectivity index (χ2v) is 5.48. The van der Waals surface area contributed by atoms with Crippen molar-refractivity contribution in [2.75, 3.05) is 11.1 Å². The van der Waals surface area contributed by atoms with Crippen LogP contribution in [-0.4, -0.2) is 0 Å². The average molecular weight is 341 g/mol. The number of nitrogens with one attached hydrogen (secondary N) is 1. The highest BCUT2D eigenvalue weighted by Gasteiger charge is 2.15. The standard InChI is InChI=1S/C15H15BrF2N2/c1-9(10-2-4-11(16)5-3-10)20-14-7-6-12(19)8-13(14)15(17)18/h2-9,15,20H,19H2,1H3. The number of anilines is 2. The maximum Gasteiger partial charge on any atom is 0.265 e. The molecule has 2 rings (SSSR count). The van der Waals surface area contributed by atoms with Gasteiger partial charge in [0.15, 0.2) is 0 Å². The van der Waals surface area contributed by atoms with Crippen LogP contribution in [0.4, 0.5) is 20.2 Å². The van der Waals surface area contributed by atoms with Crippen molar-refractivity contribution >= 4 is 27.3 Å². The van der Waals surface area contributed by atoms with Gasteiger partial charge in [0.2, 0.25) is 0 Å². The van der Waals surface area contributed by atoms with Crippen molar-refractivity contribution in [1.82, 2.24) is 0 Å².